The fourth-order valence-corrected chi connectivity index (χ4v) is 1.93. The number of fused-ring (bicyclic) bond motifs is 1. The van der Waals surface area contributed by atoms with Crippen LogP contribution in [0, 0.1) is 0 Å². The lowest BCUT2D eigenvalue weighted by Gasteiger charge is -2.32. The van der Waals surface area contributed by atoms with Gasteiger partial charge in [0, 0.05) is 17.8 Å². The lowest BCUT2D eigenvalue weighted by atomic mass is 10.1. The maximum atomic E-state index is 9.73. The number of nitrogens with one attached hydrogen (secondary N) is 1. The number of hydroxylamine groups is 3. The van der Waals surface area contributed by atoms with Crippen LogP contribution in [0.2, 0.25) is 0 Å². The molecule has 1 aromatic rings. The van der Waals surface area contributed by atoms with E-state index < -0.39 is 0 Å². The fourth-order valence-electron chi connectivity index (χ4n) is 1.93. The van der Waals surface area contributed by atoms with Crippen LogP contribution < -0.4 is 16.1 Å². The molecule has 88 valence electrons. The van der Waals surface area contributed by atoms with Gasteiger partial charge < -0.3 is 16.3 Å². The molecule has 5 N–H and O–H groups in total. The van der Waals surface area contributed by atoms with Crippen LogP contribution in [0.15, 0.2) is 12.1 Å². The highest BCUT2D eigenvalue weighted by atomic mass is 16.5. The third-order valence-corrected chi connectivity index (χ3v) is 2.58. The molecule has 6 nitrogen and oxygen atoms in total. The zero-order valence-electron chi connectivity index (χ0n) is 9.14. The van der Waals surface area contributed by atoms with Gasteiger partial charge in [0.25, 0.3) is 0 Å². The van der Waals surface area contributed by atoms with Crippen molar-refractivity contribution >= 4 is 17.1 Å². The van der Waals surface area contributed by atoms with Crippen molar-refractivity contribution in [2.45, 2.75) is 13.5 Å². The number of hydrogen-bond donors (Lipinski definition) is 4. The quantitative estimate of drug-likeness (QED) is 0.562. The van der Waals surface area contributed by atoms with Gasteiger partial charge >= 0.3 is 0 Å². The third kappa shape index (κ3) is 1.78. The Kier molecular flexibility index (Phi) is 2.86. The van der Waals surface area contributed by atoms with Crippen molar-refractivity contribution in [3.8, 4) is 0 Å². The SMILES string of the molecule is CCNc1ccc(N)c2c1CN(O)CN2O. The predicted molar refractivity (Wildman–Crippen MR) is 61.5 cm³/mol. The molecule has 0 atom stereocenters. The van der Waals surface area contributed by atoms with Crippen molar-refractivity contribution in [2.75, 3.05) is 29.3 Å². The highest BCUT2D eigenvalue weighted by Gasteiger charge is 2.24. The molecule has 0 amide bonds. The molecule has 16 heavy (non-hydrogen) atoms. The first kappa shape index (κ1) is 11.0. The summed E-state index contributed by atoms with van der Waals surface area (Å²) in [6.07, 6.45) is 0. The Morgan fingerprint density at radius 3 is 2.88 bits per heavy atom. The van der Waals surface area contributed by atoms with Gasteiger partial charge in [0.05, 0.1) is 17.9 Å². The zero-order chi connectivity index (χ0) is 11.7. The average Bonchev–Trinajstić information content (AvgIpc) is 2.21. The topological polar surface area (TPSA) is 85.0 Å². The first-order valence-electron chi connectivity index (χ1n) is 5.19. The average molecular weight is 224 g/mol. The molecule has 0 aliphatic carbocycles. The summed E-state index contributed by atoms with van der Waals surface area (Å²) in [6, 6.07) is 3.59. The van der Waals surface area contributed by atoms with E-state index in [-0.39, 0.29) is 6.67 Å². The molecule has 1 heterocycles. The molecule has 1 aliphatic rings. The normalized spacial score (nSPS) is 16.1. The van der Waals surface area contributed by atoms with Crippen LogP contribution >= 0.6 is 0 Å². The number of hydrogen-bond acceptors (Lipinski definition) is 6. The summed E-state index contributed by atoms with van der Waals surface area (Å²) in [5.74, 6) is 0. The predicted octanol–water partition coefficient (Wildman–Crippen LogP) is 1.06. The van der Waals surface area contributed by atoms with Crippen molar-refractivity contribution < 1.29 is 10.4 Å². The van der Waals surface area contributed by atoms with Crippen LogP contribution in [-0.2, 0) is 6.54 Å². The Morgan fingerprint density at radius 2 is 2.19 bits per heavy atom. The Balaban J connectivity index is 2.49. The Labute approximate surface area is 93.8 Å². The van der Waals surface area contributed by atoms with E-state index in [1.165, 1.54) is 0 Å². The summed E-state index contributed by atoms with van der Waals surface area (Å²) in [7, 11) is 0. The van der Waals surface area contributed by atoms with Crippen LogP contribution in [0.3, 0.4) is 0 Å². The van der Waals surface area contributed by atoms with Crippen molar-refractivity contribution in [1.82, 2.24) is 5.06 Å². The van der Waals surface area contributed by atoms with Gasteiger partial charge in [-0.2, -0.15) is 5.06 Å². The molecule has 1 aromatic carbocycles. The zero-order valence-corrected chi connectivity index (χ0v) is 9.14. The fraction of sp³-hybridized carbons (Fsp3) is 0.400. The molecule has 0 aromatic heterocycles. The molecule has 0 radical (unpaired) electrons. The minimum atomic E-state index is 0.0345. The summed E-state index contributed by atoms with van der Waals surface area (Å²) in [5, 5.41) is 24.4. The summed E-state index contributed by atoms with van der Waals surface area (Å²) in [5.41, 5.74) is 8.58. The second-order valence-corrected chi connectivity index (χ2v) is 3.77. The smallest absolute Gasteiger partial charge is 0.121 e. The number of nitrogens with two attached hydrogens (primary N) is 1. The van der Waals surface area contributed by atoms with Crippen molar-refractivity contribution in [1.29, 1.82) is 0 Å². The molecule has 0 saturated heterocycles. The van der Waals surface area contributed by atoms with Crippen molar-refractivity contribution in [3.63, 3.8) is 0 Å². The van der Waals surface area contributed by atoms with E-state index in [1.54, 1.807) is 6.07 Å². The Bertz CT molecular complexity index is 397. The minimum Gasteiger partial charge on any atom is -0.397 e. The van der Waals surface area contributed by atoms with E-state index >= 15 is 0 Å². The van der Waals surface area contributed by atoms with Gasteiger partial charge in [-0.15, -0.1) is 0 Å². The van der Waals surface area contributed by atoms with E-state index in [1.807, 2.05) is 13.0 Å². The molecular weight excluding hydrogens is 208 g/mol. The lowest BCUT2D eigenvalue weighted by molar-refractivity contribution is -0.117. The molecule has 0 unspecified atom stereocenters. The van der Waals surface area contributed by atoms with Gasteiger partial charge in [-0.3, -0.25) is 5.21 Å². The second kappa shape index (κ2) is 4.17. The van der Waals surface area contributed by atoms with Gasteiger partial charge in [0.15, 0.2) is 0 Å². The Morgan fingerprint density at radius 1 is 1.44 bits per heavy atom. The molecule has 0 saturated carbocycles. The van der Waals surface area contributed by atoms with Gasteiger partial charge in [0.1, 0.15) is 6.67 Å². The van der Waals surface area contributed by atoms with Gasteiger partial charge in [-0.1, -0.05) is 0 Å². The maximum Gasteiger partial charge on any atom is 0.121 e. The summed E-state index contributed by atoms with van der Waals surface area (Å²) in [6.45, 7) is 3.14. The van der Waals surface area contributed by atoms with Crippen LogP contribution in [0.25, 0.3) is 0 Å². The number of benzene rings is 1. The van der Waals surface area contributed by atoms with Gasteiger partial charge in [0.2, 0.25) is 0 Å². The van der Waals surface area contributed by atoms with Gasteiger partial charge in [-0.05, 0) is 19.1 Å². The number of rotatable bonds is 2. The van der Waals surface area contributed by atoms with Gasteiger partial charge in [-0.25, -0.2) is 5.06 Å². The van der Waals surface area contributed by atoms with Crippen molar-refractivity contribution in [2.24, 2.45) is 0 Å². The molecule has 2 rings (SSSR count). The number of nitrogen functional groups attached to an aromatic ring is 1. The summed E-state index contributed by atoms with van der Waals surface area (Å²) >= 11 is 0. The van der Waals surface area contributed by atoms with E-state index in [4.69, 9.17) is 5.73 Å². The molecule has 0 spiro atoms. The summed E-state index contributed by atoms with van der Waals surface area (Å²) < 4.78 is 0. The molecule has 0 fully saturated rings. The first-order chi connectivity index (χ1) is 7.63. The molecule has 6 heteroatoms. The second-order valence-electron chi connectivity index (χ2n) is 3.77. The van der Waals surface area contributed by atoms with E-state index in [2.05, 4.69) is 5.32 Å². The third-order valence-electron chi connectivity index (χ3n) is 2.58. The van der Waals surface area contributed by atoms with Crippen molar-refractivity contribution in [3.05, 3.63) is 17.7 Å². The van der Waals surface area contributed by atoms with Crippen LogP contribution in [0.4, 0.5) is 17.1 Å². The number of nitrogens with zero attached hydrogens (tertiary/aromatic N) is 2. The summed E-state index contributed by atoms with van der Waals surface area (Å²) in [4.78, 5) is 0. The van der Waals surface area contributed by atoms with E-state index in [0.29, 0.717) is 17.9 Å². The first-order valence-corrected chi connectivity index (χ1v) is 5.19. The monoisotopic (exact) mass is 224 g/mol. The lowest BCUT2D eigenvalue weighted by Crippen LogP contribution is -2.39. The molecular formula is C10H16N4O2. The highest BCUT2D eigenvalue weighted by Crippen LogP contribution is 2.36. The standard InChI is InChI=1S/C10H16N4O2/c1-2-12-9-4-3-8(11)10-7(9)5-13(15)6-14(10)16/h3-4,12,15-16H,2,5-6,11H2,1H3. The largest absolute Gasteiger partial charge is 0.397 e. The highest BCUT2D eigenvalue weighted by molar-refractivity contribution is 5.78. The number of anilines is 3. The van der Waals surface area contributed by atoms with E-state index in [0.717, 1.165) is 27.9 Å². The molecule has 0 bridgehead atoms. The van der Waals surface area contributed by atoms with Crippen LogP contribution in [0.1, 0.15) is 12.5 Å². The van der Waals surface area contributed by atoms with Crippen LogP contribution in [-0.4, -0.2) is 28.7 Å². The minimum absolute atomic E-state index is 0.0345. The molecule has 1 aliphatic heterocycles. The van der Waals surface area contributed by atoms with E-state index in [9.17, 15) is 10.4 Å². The Hall–Kier alpha value is -1.50. The maximum absolute atomic E-state index is 9.73. The van der Waals surface area contributed by atoms with Crippen LogP contribution in [0.5, 0.6) is 0 Å².